The average Bonchev–Trinajstić information content (AvgIpc) is 2.93. The summed E-state index contributed by atoms with van der Waals surface area (Å²) in [4.78, 5) is 22.0. The fraction of sp³-hybridized carbons (Fsp3) is 0.579. The second-order valence-corrected chi connectivity index (χ2v) is 7.98. The Morgan fingerprint density at radius 1 is 1.20 bits per heavy atom. The number of hydrogen-bond acceptors (Lipinski definition) is 5. The number of carbonyl (C=O) groups excluding carboxylic acids is 1. The molecular formula is C19H25N3O2S. The monoisotopic (exact) mass is 359 g/mol. The molecule has 25 heavy (non-hydrogen) atoms. The lowest BCUT2D eigenvalue weighted by molar-refractivity contribution is -0.138. The zero-order valence-electron chi connectivity index (χ0n) is 14.7. The van der Waals surface area contributed by atoms with Crippen molar-refractivity contribution in [1.82, 2.24) is 9.88 Å². The highest BCUT2D eigenvalue weighted by Gasteiger charge is 2.28. The van der Waals surface area contributed by atoms with E-state index in [9.17, 15) is 4.79 Å². The van der Waals surface area contributed by atoms with Crippen LogP contribution in [-0.4, -0.2) is 55.2 Å². The van der Waals surface area contributed by atoms with E-state index in [1.54, 1.807) is 11.3 Å². The minimum atomic E-state index is 0.158. The van der Waals surface area contributed by atoms with E-state index in [1.807, 2.05) is 0 Å². The first kappa shape index (κ1) is 16.8. The normalized spacial score (nSPS) is 20.0. The average molecular weight is 359 g/mol. The van der Waals surface area contributed by atoms with Crippen molar-refractivity contribution in [2.75, 3.05) is 44.3 Å². The first-order chi connectivity index (χ1) is 12.2. The molecule has 0 radical (unpaired) electrons. The zero-order chi connectivity index (χ0) is 17.2. The van der Waals surface area contributed by atoms with Crippen LogP contribution in [0.2, 0.25) is 0 Å². The van der Waals surface area contributed by atoms with Gasteiger partial charge in [0.25, 0.3) is 0 Å². The Morgan fingerprint density at radius 3 is 2.84 bits per heavy atom. The van der Waals surface area contributed by atoms with E-state index in [1.165, 1.54) is 10.3 Å². The van der Waals surface area contributed by atoms with Crippen LogP contribution in [-0.2, 0) is 9.53 Å². The fourth-order valence-electron chi connectivity index (χ4n) is 3.74. The summed E-state index contributed by atoms with van der Waals surface area (Å²) in [5, 5.41) is 1.09. The van der Waals surface area contributed by atoms with Gasteiger partial charge in [0.2, 0.25) is 5.91 Å². The fourth-order valence-corrected chi connectivity index (χ4v) is 4.84. The van der Waals surface area contributed by atoms with Crippen molar-refractivity contribution in [2.45, 2.75) is 26.2 Å². The highest BCUT2D eigenvalue weighted by molar-refractivity contribution is 7.22. The third kappa shape index (κ3) is 3.51. The van der Waals surface area contributed by atoms with E-state index in [-0.39, 0.29) is 5.92 Å². The third-order valence-corrected chi connectivity index (χ3v) is 6.34. The molecule has 2 fully saturated rings. The van der Waals surface area contributed by atoms with Gasteiger partial charge in [0, 0.05) is 45.3 Å². The second-order valence-electron chi connectivity index (χ2n) is 6.97. The van der Waals surface area contributed by atoms with E-state index < -0.39 is 0 Å². The van der Waals surface area contributed by atoms with Gasteiger partial charge >= 0.3 is 0 Å². The number of anilines is 1. The summed E-state index contributed by atoms with van der Waals surface area (Å²) >= 11 is 1.76. The van der Waals surface area contributed by atoms with Crippen molar-refractivity contribution in [2.24, 2.45) is 5.92 Å². The summed E-state index contributed by atoms with van der Waals surface area (Å²) in [5.74, 6) is 0.482. The topological polar surface area (TPSA) is 45.7 Å². The maximum Gasteiger partial charge on any atom is 0.225 e. The van der Waals surface area contributed by atoms with Crippen LogP contribution in [0.1, 0.15) is 24.8 Å². The summed E-state index contributed by atoms with van der Waals surface area (Å²) in [6.07, 6.45) is 2.75. The predicted molar refractivity (Wildman–Crippen MR) is 101 cm³/mol. The molecule has 134 valence electrons. The molecule has 5 nitrogen and oxygen atoms in total. The molecule has 6 heteroatoms. The van der Waals surface area contributed by atoms with E-state index in [0.717, 1.165) is 69.3 Å². The van der Waals surface area contributed by atoms with Gasteiger partial charge in [0.15, 0.2) is 5.13 Å². The molecule has 0 aliphatic carbocycles. The van der Waals surface area contributed by atoms with E-state index in [0.29, 0.717) is 5.91 Å². The SMILES string of the molecule is Cc1cccc2sc(N3CCCN(C(=O)C4CCOCC4)CC3)nc12. The molecule has 2 aliphatic heterocycles. The molecule has 0 atom stereocenters. The van der Waals surface area contributed by atoms with Crippen LogP contribution in [0.5, 0.6) is 0 Å². The molecule has 3 heterocycles. The Hall–Kier alpha value is -1.66. The van der Waals surface area contributed by atoms with Crippen molar-refractivity contribution in [1.29, 1.82) is 0 Å². The van der Waals surface area contributed by atoms with Crippen molar-refractivity contribution in [3.8, 4) is 0 Å². The first-order valence-corrected chi connectivity index (χ1v) is 10.0. The van der Waals surface area contributed by atoms with Gasteiger partial charge in [0.1, 0.15) is 0 Å². The molecule has 0 spiro atoms. The quantitative estimate of drug-likeness (QED) is 0.827. The lowest BCUT2D eigenvalue weighted by Crippen LogP contribution is -2.40. The minimum Gasteiger partial charge on any atom is -0.381 e. The lowest BCUT2D eigenvalue weighted by atomic mass is 9.98. The number of carbonyl (C=O) groups is 1. The van der Waals surface area contributed by atoms with Crippen LogP contribution in [0.15, 0.2) is 18.2 Å². The Morgan fingerprint density at radius 2 is 2.04 bits per heavy atom. The van der Waals surface area contributed by atoms with Gasteiger partial charge < -0.3 is 14.5 Å². The predicted octanol–water partition coefficient (Wildman–Crippen LogP) is 3.07. The number of hydrogen-bond donors (Lipinski definition) is 0. The Balaban J connectivity index is 1.45. The van der Waals surface area contributed by atoms with Gasteiger partial charge in [0.05, 0.1) is 10.2 Å². The molecule has 2 aromatic rings. The van der Waals surface area contributed by atoms with Crippen molar-refractivity contribution in [3.05, 3.63) is 23.8 Å². The van der Waals surface area contributed by atoms with Crippen LogP contribution in [0.25, 0.3) is 10.2 Å². The molecule has 0 bridgehead atoms. The summed E-state index contributed by atoms with van der Waals surface area (Å²) in [6, 6.07) is 6.35. The van der Waals surface area contributed by atoms with Crippen LogP contribution < -0.4 is 4.90 Å². The van der Waals surface area contributed by atoms with Crippen LogP contribution in [0, 0.1) is 12.8 Å². The minimum absolute atomic E-state index is 0.158. The molecule has 4 rings (SSSR count). The number of benzene rings is 1. The summed E-state index contributed by atoms with van der Waals surface area (Å²) in [6.45, 7) is 7.05. The van der Waals surface area contributed by atoms with E-state index >= 15 is 0 Å². The molecule has 0 unspecified atom stereocenters. The van der Waals surface area contributed by atoms with Gasteiger partial charge in [-0.25, -0.2) is 4.98 Å². The molecule has 2 aliphatic rings. The molecule has 0 N–H and O–H groups in total. The highest BCUT2D eigenvalue weighted by atomic mass is 32.1. The standard InChI is InChI=1S/C19H25N3O2S/c1-14-4-2-5-16-17(14)20-19(25-16)22-9-3-8-21(10-11-22)18(23)15-6-12-24-13-7-15/h2,4-5,15H,3,6-13H2,1H3. The van der Waals surface area contributed by atoms with E-state index in [2.05, 4.69) is 34.9 Å². The van der Waals surface area contributed by atoms with Gasteiger partial charge in [-0.15, -0.1) is 0 Å². The van der Waals surface area contributed by atoms with Crippen molar-refractivity contribution >= 4 is 32.6 Å². The number of ether oxygens (including phenoxy) is 1. The number of para-hydroxylation sites is 1. The molecule has 0 saturated carbocycles. The number of nitrogens with zero attached hydrogens (tertiary/aromatic N) is 3. The van der Waals surface area contributed by atoms with E-state index in [4.69, 9.17) is 9.72 Å². The molecule has 1 amide bonds. The molecular weight excluding hydrogens is 334 g/mol. The maximum atomic E-state index is 12.8. The molecule has 2 saturated heterocycles. The zero-order valence-corrected chi connectivity index (χ0v) is 15.6. The van der Waals surface area contributed by atoms with Crippen LogP contribution in [0.4, 0.5) is 5.13 Å². The van der Waals surface area contributed by atoms with Crippen molar-refractivity contribution < 1.29 is 9.53 Å². The number of aromatic nitrogens is 1. The highest BCUT2D eigenvalue weighted by Crippen LogP contribution is 2.31. The van der Waals surface area contributed by atoms with Gasteiger partial charge in [-0.05, 0) is 37.8 Å². The number of amides is 1. The summed E-state index contributed by atoms with van der Waals surface area (Å²) in [5.41, 5.74) is 2.34. The maximum absolute atomic E-state index is 12.8. The smallest absolute Gasteiger partial charge is 0.225 e. The molecule has 1 aromatic heterocycles. The Kier molecular flexibility index (Phi) is 4.90. The summed E-state index contributed by atoms with van der Waals surface area (Å²) < 4.78 is 6.63. The largest absolute Gasteiger partial charge is 0.381 e. The summed E-state index contributed by atoms with van der Waals surface area (Å²) in [7, 11) is 0. The third-order valence-electron chi connectivity index (χ3n) is 5.26. The second kappa shape index (κ2) is 7.30. The van der Waals surface area contributed by atoms with Gasteiger partial charge in [-0.2, -0.15) is 0 Å². The van der Waals surface area contributed by atoms with Gasteiger partial charge in [-0.1, -0.05) is 23.5 Å². The first-order valence-electron chi connectivity index (χ1n) is 9.20. The van der Waals surface area contributed by atoms with Gasteiger partial charge in [-0.3, -0.25) is 4.79 Å². The van der Waals surface area contributed by atoms with Crippen molar-refractivity contribution in [3.63, 3.8) is 0 Å². The van der Waals surface area contributed by atoms with Crippen LogP contribution in [0.3, 0.4) is 0 Å². The van der Waals surface area contributed by atoms with Crippen LogP contribution >= 0.6 is 11.3 Å². The Labute approximate surface area is 152 Å². The lowest BCUT2D eigenvalue weighted by Gasteiger charge is -2.28. The number of thiazole rings is 1. The Bertz CT molecular complexity index is 754. The number of fused-ring (bicyclic) bond motifs is 1. The molecule has 1 aromatic carbocycles. The number of rotatable bonds is 2. The number of aryl methyl sites for hydroxylation is 1.